The van der Waals surface area contributed by atoms with Gasteiger partial charge in [-0.1, -0.05) is 49.4 Å². The number of hydrogen-bond acceptors (Lipinski definition) is 3. The summed E-state index contributed by atoms with van der Waals surface area (Å²) in [5.41, 5.74) is 1.05. The molecule has 0 aliphatic carbocycles. The average Bonchev–Trinajstić information content (AvgIpc) is 2.53. The Hall–Kier alpha value is -2.16. The fourth-order valence-electron chi connectivity index (χ4n) is 2.12. The molecule has 0 aliphatic rings. The van der Waals surface area contributed by atoms with Gasteiger partial charge in [-0.15, -0.1) is 0 Å². The Kier molecular flexibility index (Phi) is 4.73. The van der Waals surface area contributed by atoms with Crippen LogP contribution in [0.4, 0.5) is 0 Å². The van der Waals surface area contributed by atoms with E-state index in [1.54, 1.807) is 12.1 Å². The molecule has 1 N–H and O–H groups in total. The van der Waals surface area contributed by atoms with Gasteiger partial charge >= 0.3 is 0 Å². The Morgan fingerprint density at radius 1 is 1.10 bits per heavy atom. The van der Waals surface area contributed by atoms with Crippen LogP contribution >= 0.6 is 0 Å². The number of nitrogens with one attached hydrogen (secondary N) is 1. The van der Waals surface area contributed by atoms with Gasteiger partial charge in [-0.3, -0.25) is 0 Å². The number of nitriles is 1. The van der Waals surface area contributed by atoms with Gasteiger partial charge in [0.15, 0.2) is 0 Å². The summed E-state index contributed by atoms with van der Waals surface area (Å²) in [4.78, 5) is 0.0156. The van der Waals surface area contributed by atoms with Gasteiger partial charge in [0.05, 0.1) is 10.5 Å². The summed E-state index contributed by atoms with van der Waals surface area (Å²) in [6.07, 6.45) is 0.623. The number of rotatable bonds is 5. The minimum Gasteiger partial charge on any atom is -0.207 e. The minimum atomic E-state index is -3.74. The highest BCUT2D eigenvalue weighted by atomic mass is 32.2. The van der Waals surface area contributed by atoms with Crippen molar-refractivity contribution >= 4 is 10.0 Å². The maximum Gasteiger partial charge on any atom is 0.242 e. The minimum absolute atomic E-state index is 0.0156. The molecule has 2 aromatic rings. The molecule has 0 aromatic heterocycles. The number of benzene rings is 2. The Bertz CT molecular complexity index is 749. The van der Waals surface area contributed by atoms with Crippen LogP contribution in [-0.2, 0) is 10.0 Å². The number of sulfonamides is 1. The summed E-state index contributed by atoms with van der Waals surface area (Å²) >= 11 is 0. The molecule has 0 saturated carbocycles. The second-order valence-electron chi connectivity index (χ2n) is 4.60. The van der Waals surface area contributed by atoms with Crippen molar-refractivity contribution in [1.29, 1.82) is 5.26 Å². The zero-order valence-corrected chi connectivity index (χ0v) is 12.5. The molecule has 108 valence electrons. The Balaban J connectivity index is 2.35. The monoisotopic (exact) mass is 300 g/mol. The van der Waals surface area contributed by atoms with Gasteiger partial charge in [-0.25, -0.2) is 13.1 Å². The van der Waals surface area contributed by atoms with Gasteiger partial charge in [0, 0.05) is 6.04 Å². The topological polar surface area (TPSA) is 70.0 Å². The molecule has 1 unspecified atom stereocenters. The molecule has 21 heavy (non-hydrogen) atoms. The summed E-state index contributed by atoms with van der Waals surface area (Å²) < 4.78 is 27.7. The van der Waals surface area contributed by atoms with Gasteiger partial charge in [0.25, 0.3) is 0 Å². The molecular weight excluding hydrogens is 284 g/mol. The predicted molar refractivity (Wildman–Crippen MR) is 81.0 cm³/mol. The zero-order valence-electron chi connectivity index (χ0n) is 11.7. The fourth-order valence-corrected chi connectivity index (χ4v) is 3.58. The molecule has 2 rings (SSSR count). The molecule has 0 fully saturated rings. The first-order chi connectivity index (χ1) is 10.1. The third-order valence-corrected chi connectivity index (χ3v) is 4.73. The van der Waals surface area contributed by atoms with Crippen molar-refractivity contribution in [3.63, 3.8) is 0 Å². The highest BCUT2D eigenvalue weighted by molar-refractivity contribution is 7.89. The van der Waals surface area contributed by atoms with E-state index < -0.39 is 10.0 Å². The van der Waals surface area contributed by atoms with Crippen LogP contribution in [0, 0.1) is 11.3 Å². The molecular formula is C16H16N2O2S. The number of hydrogen-bond donors (Lipinski definition) is 1. The van der Waals surface area contributed by atoms with E-state index in [-0.39, 0.29) is 16.5 Å². The van der Waals surface area contributed by atoms with Crippen LogP contribution < -0.4 is 4.72 Å². The number of nitrogens with zero attached hydrogens (tertiary/aromatic N) is 1. The van der Waals surface area contributed by atoms with Gasteiger partial charge in [0.1, 0.15) is 6.07 Å². The SMILES string of the molecule is CCC(NS(=O)(=O)c1ccccc1C#N)c1ccccc1. The lowest BCUT2D eigenvalue weighted by Crippen LogP contribution is -2.28. The van der Waals surface area contributed by atoms with Crippen LogP contribution in [-0.4, -0.2) is 8.42 Å². The predicted octanol–water partition coefficient (Wildman–Crippen LogP) is 2.99. The maximum absolute atomic E-state index is 12.5. The third-order valence-electron chi connectivity index (χ3n) is 3.20. The normalized spacial score (nSPS) is 12.6. The second-order valence-corrected chi connectivity index (χ2v) is 6.28. The van der Waals surface area contributed by atoms with Crippen molar-refractivity contribution in [2.24, 2.45) is 0 Å². The van der Waals surface area contributed by atoms with E-state index in [0.717, 1.165) is 5.56 Å². The molecule has 4 nitrogen and oxygen atoms in total. The standard InChI is InChI=1S/C16H16N2O2S/c1-2-15(13-8-4-3-5-9-13)18-21(19,20)16-11-7-6-10-14(16)12-17/h3-11,15,18H,2H2,1H3. The lowest BCUT2D eigenvalue weighted by atomic mass is 10.1. The molecule has 0 heterocycles. The van der Waals surface area contributed by atoms with E-state index in [2.05, 4.69) is 4.72 Å². The molecule has 2 aromatic carbocycles. The van der Waals surface area contributed by atoms with Crippen LogP contribution in [0.15, 0.2) is 59.5 Å². The lowest BCUT2D eigenvalue weighted by molar-refractivity contribution is 0.550. The van der Waals surface area contributed by atoms with E-state index in [1.807, 2.05) is 43.3 Å². The van der Waals surface area contributed by atoms with Crippen LogP contribution in [0.3, 0.4) is 0 Å². The van der Waals surface area contributed by atoms with Gasteiger partial charge < -0.3 is 0 Å². The van der Waals surface area contributed by atoms with Crippen LogP contribution in [0.5, 0.6) is 0 Å². The third kappa shape index (κ3) is 3.48. The highest BCUT2D eigenvalue weighted by Crippen LogP contribution is 2.21. The first-order valence-corrected chi connectivity index (χ1v) is 8.13. The molecule has 0 spiro atoms. The van der Waals surface area contributed by atoms with Crippen molar-refractivity contribution in [3.8, 4) is 6.07 Å². The zero-order chi connectivity index (χ0) is 15.3. The van der Waals surface area contributed by atoms with Crippen molar-refractivity contribution in [3.05, 3.63) is 65.7 Å². The largest absolute Gasteiger partial charge is 0.242 e. The van der Waals surface area contributed by atoms with Gasteiger partial charge in [-0.2, -0.15) is 5.26 Å². The Labute approximate surface area is 125 Å². The summed E-state index contributed by atoms with van der Waals surface area (Å²) in [6.45, 7) is 1.91. The molecule has 0 bridgehead atoms. The summed E-state index contributed by atoms with van der Waals surface area (Å²) in [5.74, 6) is 0. The van der Waals surface area contributed by atoms with Crippen LogP contribution in [0.1, 0.15) is 30.5 Å². The molecule has 0 aliphatic heterocycles. The molecule has 0 radical (unpaired) electrons. The first kappa shape index (κ1) is 15.2. The van der Waals surface area contributed by atoms with Crippen LogP contribution in [0.2, 0.25) is 0 Å². The summed E-state index contributed by atoms with van der Waals surface area (Å²) in [6, 6.07) is 17.2. The Morgan fingerprint density at radius 3 is 2.33 bits per heavy atom. The van der Waals surface area contributed by atoms with Gasteiger partial charge in [-0.05, 0) is 24.1 Å². The van der Waals surface area contributed by atoms with Crippen molar-refractivity contribution < 1.29 is 8.42 Å². The van der Waals surface area contributed by atoms with E-state index in [9.17, 15) is 8.42 Å². The first-order valence-electron chi connectivity index (χ1n) is 6.65. The smallest absolute Gasteiger partial charge is 0.207 e. The average molecular weight is 300 g/mol. The second kappa shape index (κ2) is 6.53. The maximum atomic E-state index is 12.5. The van der Waals surface area contributed by atoms with E-state index in [0.29, 0.717) is 6.42 Å². The van der Waals surface area contributed by atoms with Crippen molar-refractivity contribution in [2.75, 3.05) is 0 Å². The van der Waals surface area contributed by atoms with Crippen molar-refractivity contribution in [2.45, 2.75) is 24.3 Å². The Morgan fingerprint density at radius 2 is 1.71 bits per heavy atom. The summed E-state index contributed by atoms with van der Waals surface area (Å²) in [5, 5.41) is 9.05. The van der Waals surface area contributed by atoms with E-state index >= 15 is 0 Å². The fraction of sp³-hybridized carbons (Fsp3) is 0.188. The molecule has 1 atom stereocenters. The quantitative estimate of drug-likeness (QED) is 0.922. The van der Waals surface area contributed by atoms with Crippen LogP contribution in [0.25, 0.3) is 0 Å². The van der Waals surface area contributed by atoms with Crippen molar-refractivity contribution in [1.82, 2.24) is 4.72 Å². The van der Waals surface area contributed by atoms with E-state index in [4.69, 9.17) is 5.26 Å². The molecule has 5 heteroatoms. The highest BCUT2D eigenvalue weighted by Gasteiger charge is 2.22. The lowest BCUT2D eigenvalue weighted by Gasteiger charge is -2.18. The van der Waals surface area contributed by atoms with E-state index in [1.165, 1.54) is 12.1 Å². The van der Waals surface area contributed by atoms with Gasteiger partial charge in [0.2, 0.25) is 10.0 Å². The molecule has 0 amide bonds. The molecule has 0 saturated heterocycles. The summed E-state index contributed by atoms with van der Waals surface area (Å²) in [7, 11) is -3.74.